The molecule has 0 radical (unpaired) electrons. The Bertz CT molecular complexity index is 1200. The van der Waals surface area contributed by atoms with Crippen molar-refractivity contribution >= 4 is 27.0 Å². The number of hydrogen-bond acceptors (Lipinski definition) is 7. The van der Waals surface area contributed by atoms with Gasteiger partial charge in [0, 0.05) is 23.1 Å². The van der Waals surface area contributed by atoms with Crippen LogP contribution in [-0.4, -0.2) is 28.5 Å². The van der Waals surface area contributed by atoms with Crippen LogP contribution in [-0.2, 0) is 21.4 Å². The minimum absolute atomic E-state index is 0.0534. The molecule has 8 nitrogen and oxygen atoms in total. The largest absolute Gasteiger partial charge is 0.497 e. The number of hydrogen-bond donors (Lipinski definition) is 1. The molecule has 146 valence electrons. The van der Waals surface area contributed by atoms with Crippen molar-refractivity contribution in [2.75, 3.05) is 14.2 Å². The lowest BCUT2D eigenvalue weighted by molar-refractivity contribution is 0.0473. The van der Waals surface area contributed by atoms with Crippen molar-refractivity contribution < 1.29 is 27.1 Å². The molecule has 9 heteroatoms. The zero-order chi connectivity index (χ0) is 20.3. The molecule has 0 aliphatic rings. The average molecular weight is 403 g/mol. The second-order valence-corrected chi connectivity index (χ2v) is 7.65. The van der Waals surface area contributed by atoms with Crippen molar-refractivity contribution in [3.63, 3.8) is 0 Å². The Morgan fingerprint density at radius 3 is 2.64 bits per heavy atom. The zero-order valence-electron chi connectivity index (χ0n) is 15.1. The summed E-state index contributed by atoms with van der Waals surface area (Å²) in [6.07, 6.45) is 0. The number of benzene rings is 2. The second kappa shape index (κ2) is 7.83. The van der Waals surface area contributed by atoms with Crippen molar-refractivity contribution in [3.05, 3.63) is 70.1 Å². The van der Waals surface area contributed by atoms with E-state index in [9.17, 15) is 18.0 Å². The smallest absolute Gasteiger partial charge is 0.338 e. The van der Waals surface area contributed by atoms with Gasteiger partial charge >= 0.3 is 11.6 Å². The summed E-state index contributed by atoms with van der Waals surface area (Å²) in [5.74, 6) is -0.199. The molecular formula is C19H17NO7S. The summed E-state index contributed by atoms with van der Waals surface area (Å²) in [5.41, 5.74) is 0.250. The summed E-state index contributed by atoms with van der Waals surface area (Å²) in [7, 11) is -0.913. The predicted octanol–water partition coefficient (Wildman–Crippen LogP) is 2.07. The summed E-state index contributed by atoms with van der Waals surface area (Å²) in [6, 6.07) is 11.7. The van der Waals surface area contributed by atoms with Crippen LogP contribution in [0.25, 0.3) is 11.0 Å². The molecule has 1 aromatic heterocycles. The van der Waals surface area contributed by atoms with E-state index in [4.69, 9.17) is 13.9 Å². The maximum Gasteiger partial charge on any atom is 0.338 e. The molecule has 28 heavy (non-hydrogen) atoms. The molecule has 0 spiro atoms. The fraction of sp³-hybridized carbons (Fsp3) is 0.158. The molecule has 1 N–H and O–H groups in total. The predicted molar refractivity (Wildman–Crippen MR) is 101 cm³/mol. The van der Waals surface area contributed by atoms with Crippen LogP contribution in [0.2, 0.25) is 0 Å². The zero-order valence-corrected chi connectivity index (χ0v) is 15.9. The average Bonchev–Trinajstić information content (AvgIpc) is 2.71. The quantitative estimate of drug-likeness (QED) is 0.495. The summed E-state index contributed by atoms with van der Waals surface area (Å²) in [5, 5.41) is 0.597. The normalized spacial score (nSPS) is 11.4. The van der Waals surface area contributed by atoms with Gasteiger partial charge in [-0.25, -0.2) is 22.7 Å². The Morgan fingerprint density at radius 1 is 1.14 bits per heavy atom. The van der Waals surface area contributed by atoms with Crippen LogP contribution in [0.3, 0.4) is 0 Å². The van der Waals surface area contributed by atoms with E-state index in [0.29, 0.717) is 22.3 Å². The van der Waals surface area contributed by atoms with E-state index in [1.54, 1.807) is 18.2 Å². The first kappa shape index (κ1) is 19.6. The molecule has 0 unspecified atom stereocenters. The minimum Gasteiger partial charge on any atom is -0.497 e. The minimum atomic E-state index is -3.69. The first-order chi connectivity index (χ1) is 13.3. The van der Waals surface area contributed by atoms with Gasteiger partial charge in [0.1, 0.15) is 17.9 Å². The van der Waals surface area contributed by atoms with E-state index in [-0.39, 0.29) is 17.1 Å². The third-order valence-electron chi connectivity index (χ3n) is 4.04. The monoisotopic (exact) mass is 403 g/mol. The third-order valence-corrected chi connectivity index (χ3v) is 5.46. The summed E-state index contributed by atoms with van der Waals surface area (Å²) >= 11 is 0. The summed E-state index contributed by atoms with van der Waals surface area (Å²) in [4.78, 5) is 24.1. The molecular weight excluding hydrogens is 386 g/mol. The first-order valence-electron chi connectivity index (χ1n) is 8.15. The molecule has 0 saturated carbocycles. The number of ether oxygens (including phenoxy) is 2. The Morgan fingerprint density at radius 2 is 1.93 bits per heavy atom. The van der Waals surface area contributed by atoms with Crippen LogP contribution in [0.4, 0.5) is 0 Å². The standard InChI is InChI=1S/C19H17NO7S/c1-20-28(23,24)15-5-3-4-12(8-15)19(22)26-11-13-9-18(21)27-17-10-14(25-2)6-7-16(13)17/h3-10,20H,11H2,1-2H3. The van der Waals surface area contributed by atoms with E-state index in [1.165, 1.54) is 44.5 Å². The van der Waals surface area contributed by atoms with Gasteiger partial charge in [-0.1, -0.05) is 6.07 Å². The van der Waals surface area contributed by atoms with Gasteiger partial charge in [-0.05, 0) is 37.4 Å². The van der Waals surface area contributed by atoms with Crippen LogP contribution in [0.1, 0.15) is 15.9 Å². The van der Waals surface area contributed by atoms with E-state index < -0.39 is 21.6 Å². The maximum atomic E-state index is 12.3. The topological polar surface area (TPSA) is 112 Å². The number of esters is 1. The van der Waals surface area contributed by atoms with Gasteiger partial charge in [-0.2, -0.15) is 0 Å². The highest BCUT2D eigenvalue weighted by molar-refractivity contribution is 7.89. The van der Waals surface area contributed by atoms with Gasteiger partial charge in [0.05, 0.1) is 17.6 Å². The molecule has 2 aromatic carbocycles. The van der Waals surface area contributed by atoms with Crippen LogP contribution >= 0.6 is 0 Å². The van der Waals surface area contributed by atoms with Gasteiger partial charge in [0.2, 0.25) is 10.0 Å². The molecule has 1 heterocycles. The van der Waals surface area contributed by atoms with Gasteiger partial charge < -0.3 is 13.9 Å². The highest BCUT2D eigenvalue weighted by Gasteiger charge is 2.16. The van der Waals surface area contributed by atoms with Gasteiger partial charge in [-0.3, -0.25) is 0 Å². The molecule has 0 bridgehead atoms. The van der Waals surface area contributed by atoms with Crippen LogP contribution in [0, 0.1) is 0 Å². The van der Waals surface area contributed by atoms with E-state index in [0.717, 1.165) is 0 Å². The summed E-state index contributed by atoms with van der Waals surface area (Å²) in [6.45, 7) is -0.184. The molecule has 0 aliphatic heterocycles. The summed E-state index contributed by atoms with van der Waals surface area (Å²) < 4.78 is 41.5. The highest BCUT2D eigenvalue weighted by Crippen LogP contribution is 2.23. The Labute approximate surface area is 160 Å². The Kier molecular flexibility index (Phi) is 5.48. The lowest BCUT2D eigenvalue weighted by Crippen LogP contribution is -2.19. The number of sulfonamides is 1. The van der Waals surface area contributed by atoms with Crippen molar-refractivity contribution in [1.82, 2.24) is 4.72 Å². The number of rotatable bonds is 6. The molecule has 0 amide bonds. The van der Waals surface area contributed by atoms with Crippen molar-refractivity contribution in [1.29, 1.82) is 0 Å². The van der Waals surface area contributed by atoms with E-state index in [2.05, 4.69) is 4.72 Å². The molecule has 0 aliphatic carbocycles. The van der Waals surface area contributed by atoms with E-state index in [1.807, 2.05) is 0 Å². The molecule has 3 aromatic rings. The van der Waals surface area contributed by atoms with Gasteiger partial charge in [0.25, 0.3) is 0 Å². The van der Waals surface area contributed by atoms with E-state index >= 15 is 0 Å². The number of methoxy groups -OCH3 is 1. The molecule has 0 saturated heterocycles. The van der Waals surface area contributed by atoms with Gasteiger partial charge in [0.15, 0.2) is 0 Å². The number of fused-ring (bicyclic) bond motifs is 1. The fourth-order valence-corrected chi connectivity index (χ4v) is 3.37. The lowest BCUT2D eigenvalue weighted by atomic mass is 10.1. The van der Waals surface area contributed by atoms with Crippen molar-refractivity contribution in [3.8, 4) is 5.75 Å². The second-order valence-electron chi connectivity index (χ2n) is 5.76. The first-order valence-corrected chi connectivity index (χ1v) is 9.64. The maximum absolute atomic E-state index is 12.3. The third kappa shape index (κ3) is 4.05. The highest BCUT2D eigenvalue weighted by atomic mass is 32.2. The molecule has 0 atom stereocenters. The number of carbonyl (C=O) groups is 1. The Hall–Kier alpha value is -3.17. The SMILES string of the molecule is CNS(=O)(=O)c1cccc(C(=O)OCc2cc(=O)oc3cc(OC)ccc23)c1. The van der Waals surface area contributed by atoms with Crippen LogP contribution in [0.15, 0.2) is 62.6 Å². The molecule has 3 rings (SSSR count). The van der Waals surface area contributed by atoms with Crippen molar-refractivity contribution in [2.24, 2.45) is 0 Å². The van der Waals surface area contributed by atoms with Crippen molar-refractivity contribution in [2.45, 2.75) is 11.5 Å². The number of nitrogens with one attached hydrogen (secondary N) is 1. The van der Waals surface area contributed by atoms with Crippen LogP contribution in [0.5, 0.6) is 5.75 Å². The number of carbonyl (C=O) groups excluding carboxylic acids is 1. The van der Waals surface area contributed by atoms with Crippen LogP contribution < -0.4 is 15.1 Å². The Balaban J connectivity index is 1.86. The van der Waals surface area contributed by atoms with Gasteiger partial charge in [-0.15, -0.1) is 0 Å². The lowest BCUT2D eigenvalue weighted by Gasteiger charge is -2.09. The molecule has 0 fully saturated rings. The fourth-order valence-electron chi connectivity index (χ4n) is 2.59.